The maximum Gasteiger partial charge on any atom is 0.233 e. The van der Waals surface area contributed by atoms with Crippen LogP contribution in [-0.4, -0.2) is 64.5 Å². The number of nitrogens with zero attached hydrogens (tertiary/aromatic N) is 2. The largest absolute Gasteiger partial charge is 0.497 e. The molecular formula is C25H32N2O4. The fourth-order valence-corrected chi connectivity index (χ4v) is 4.71. The Labute approximate surface area is 184 Å². The van der Waals surface area contributed by atoms with Gasteiger partial charge in [0.2, 0.25) is 5.91 Å². The Hall–Kier alpha value is -2.57. The van der Waals surface area contributed by atoms with Gasteiger partial charge >= 0.3 is 0 Å². The number of rotatable bonds is 6. The van der Waals surface area contributed by atoms with E-state index >= 15 is 0 Å². The second-order valence-corrected chi connectivity index (χ2v) is 8.31. The summed E-state index contributed by atoms with van der Waals surface area (Å²) in [4.78, 5) is 18.1. The van der Waals surface area contributed by atoms with Crippen molar-refractivity contribution in [1.82, 2.24) is 4.90 Å². The van der Waals surface area contributed by atoms with Gasteiger partial charge in [0.05, 0.1) is 25.7 Å². The van der Waals surface area contributed by atoms with E-state index in [0.717, 1.165) is 43.2 Å². The van der Waals surface area contributed by atoms with Crippen molar-refractivity contribution in [2.75, 3.05) is 58.6 Å². The Morgan fingerprint density at radius 3 is 2.32 bits per heavy atom. The van der Waals surface area contributed by atoms with Gasteiger partial charge in [-0.3, -0.25) is 4.79 Å². The van der Waals surface area contributed by atoms with Crippen molar-refractivity contribution < 1.29 is 19.0 Å². The summed E-state index contributed by atoms with van der Waals surface area (Å²) >= 11 is 0. The zero-order valence-corrected chi connectivity index (χ0v) is 18.5. The lowest BCUT2D eigenvalue weighted by Gasteiger charge is -2.39. The first-order valence-electron chi connectivity index (χ1n) is 11.0. The number of hydrogen-bond donors (Lipinski definition) is 0. The molecule has 0 aromatic heterocycles. The van der Waals surface area contributed by atoms with E-state index in [0.29, 0.717) is 32.6 Å². The van der Waals surface area contributed by atoms with E-state index in [-0.39, 0.29) is 5.91 Å². The van der Waals surface area contributed by atoms with E-state index in [4.69, 9.17) is 14.2 Å². The van der Waals surface area contributed by atoms with Crippen LogP contribution in [0.25, 0.3) is 0 Å². The molecule has 0 saturated carbocycles. The van der Waals surface area contributed by atoms with E-state index in [1.54, 1.807) is 7.11 Å². The number of anilines is 1. The molecule has 0 spiro atoms. The third kappa shape index (κ3) is 4.55. The molecule has 2 aromatic rings. The number of likely N-dealkylation sites (N-methyl/N-ethyl adjacent to an activating group) is 1. The number of carbonyl (C=O) groups excluding carboxylic acids is 1. The van der Waals surface area contributed by atoms with Gasteiger partial charge in [-0.1, -0.05) is 30.3 Å². The lowest BCUT2D eigenvalue weighted by Crippen LogP contribution is -2.48. The molecular weight excluding hydrogens is 392 g/mol. The Kier molecular flexibility index (Phi) is 6.78. The molecule has 166 valence electrons. The van der Waals surface area contributed by atoms with Crippen LogP contribution in [0.5, 0.6) is 5.75 Å². The van der Waals surface area contributed by atoms with Crippen molar-refractivity contribution in [2.24, 2.45) is 0 Å². The summed E-state index contributed by atoms with van der Waals surface area (Å²) in [5, 5.41) is 0. The molecule has 6 nitrogen and oxygen atoms in total. The van der Waals surface area contributed by atoms with Crippen LogP contribution in [0.1, 0.15) is 24.0 Å². The number of carbonyl (C=O) groups is 1. The van der Waals surface area contributed by atoms with Gasteiger partial charge in [-0.25, -0.2) is 0 Å². The lowest BCUT2D eigenvalue weighted by atomic mass is 9.73. The number of hydrogen-bond acceptors (Lipinski definition) is 5. The molecule has 2 heterocycles. The van der Waals surface area contributed by atoms with Crippen LogP contribution in [0.2, 0.25) is 0 Å². The standard InChI is InChI=1S/C25H32N2O4/c1-26(19-20-5-3-4-6-23(20)27-13-17-31-18-14-27)24(28)25(11-15-30-16-12-25)21-7-9-22(29-2)10-8-21/h3-10H,11-19H2,1-2H3. The molecule has 2 aromatic carbocycles. The Bertz CT molecular complexity index is 871. The second kappa shape index (κ2) is 9.71. The summed E-state index contributed by atoms with van der Waals surface area (Å²) in [7, 11) is 3.57. The molecule has 6 heteroatoms. The molecule has 2 saturated heterocycles. The fraction of sp³-hybridized carbons (Fsp3) is 0.480. The van der Waals surface area contributed by atoms with Crippen LogP contribution in [0.15, 0.2) is 48.5 Å². The first-order valence-corrected chi connectivity index (χ1v) is 11.0. The van der Waals surface area contributed by atoms with E-state index in [2.05, 4.69) is 23.1 Å². The first kappa shape index (κ1) is 21.7. The zero-order chi connectivity index (χ0) is 21.7. The van der Waals surface area contributed by atoms with Crippen molar-refractivity contribution in [1.29, 1.82) is 0 Å². The number of morpholine rings is 1. The van der Waals surface area contributed by atoms with Crippen molar-refractivity contribution in [3.05, 3.63) is 59.7 Å². The molecule has 0 N–H and O–H groups in total. The molecule has 0 radical (unpaired) electrons. The van der Waals surface area contributed by atoms with Gasteiger partial charge in [0.25, 0.3) is 0 Å². The molecule has 0 unspecified atom stereocenters. The molecule has 2 aliphatic rings. The minimum atomic E-state index is -0.562. The molecule has 0 atom stereocenters. The Morgan fingerprint density at radius 2 is 1.65 bits per heavy atom. The number of benzene rings is 2. The Morgan fingerprint density at radius 1 is 1.00 bits per heavy atom. The van der Waals surface area contributed by atoms with Crippen LogP contribution in [0, 0.1) is 0 Å². The molecule has 4 rings (SSSR count). The highest BCUT2D eigenvalue weighted by Crippen LogP contribution is 2.38. The van der Waals surface area contributed by atoms with Crippen molar-refractivity contribution in [2.45, 2.75) is 24.8 Å². The van der Waals surface area contributed by atoms with Gasteiger partial charge in [-0.2, -0.15) is 0 Å². The second-order valence-electron chi connectivity index (χ2n) is 8.31. The lowest BCUT2D eigenvalue weighted by molar-refractivity contribution is -0.140. The van der Waals surface area contributed by atoms with E-state index < -0.39 is 5.41 Å². The monoisotopic (exact) mass is 424 g/mol. The molecule has 31 heavy (non-hydrogen) atoms. The van der Waals surface area contributed by atoms with Gasteiger partial charge in [-0.05, 0) is 42.2 Å². The summed E-state index contributed by atoms with van der Waals surface area (Å²) in [5.41, 5.74) is 2.83. The highest BCUT2D eigenvalue weighted by molar-refractivity contribution is 5.88. The third-order valence-electron chi connectivity index (χ3n) is 6.50. The van der Waals surface area contributed by atoms with E-state index in [9.17, 15) is 4.79 Å². The molecule has 2 aliphatic heterocycles. The van der Waals surface area contributed by atoms with Crippen LogP contribution in [-0.2, 0) is 26.2 Å². The average Bonchev–Trinajstić information content (AvgIpc) is 2.85. The van der Waals surface area contributed by atoms with Crippen LogP contribution < -0.4 is 9.64 Å². The zero-order valence-electron chi connectivity index (χ0n) is 18.5. The SMILES string of the molecule is COc1ccc(C2(C(=O)N(C)Cc3ccccc3N3CCOCC3)CCOCC2)cc1. The predicted molar refractivity (Wildman–Crippen MR) is 121 cm³/mol. The van der Waals surface area contributed by atoms with E-state index in [1.807, 2.05) is 42.3 Å². The quantitative estimate of drug-likeness (QED) is 0.713. The minimum absolute atomic E-state index is 0.151. The topological polar surface area (TPSA) is 51.2 Å². The minimum Gasteiger partial charge on any atom is -0.497 e. The van der Waals surface area contributed by atoms with Crippen molar-refractivity contribution in [3.63, 3.8) is 0 Å². The van der Waals surface area contributed by atoms with Crippen LogP contribution in [0.4, 0.5) is 5.69 Å². The molecule has 0 aliphatic carbocycles. The number of methoxy groups -OCH3 is 1. The summed E-state index contributed by atoms with van der Waals surface area (Å²) in [6, 6.07) is 16.3. The Balaban J connectivity index is 1.58. The fourth-order valence-electron chi connectivity index (χ4n) is 4.71. The summed E-state index contributed by atoms with van der Waals surface area (Å²) in [5.74, 6) is 0.948. The van der Waals surface area contributed by atoms with Crippen molar-refractivity contribution >= 4 is 11.6 Å². The maximum absolute atomic E-state index is 13.9. The van der Waals surface area contributed by atoms with Crippen LogP contribution >= 0.6 is 0 Å². The molecule has 0 bridgehead atoms. The van der Waals surface area contributed by atoms with Gasteiger partial charge in [0.1, 0.15) is 5.75 Å². The van der Waals surface area contributed by atoms with Gasteiger partial charge in [0.15, 0.2) is 0 Å². The number of amides is 1. The number of ether oxygens (including phenoxy) is 3. The van der Waals surface area contributed by atoms with Crippen molar-refractivity contribution in [3.8, 4) is 5.75 Å². The molecule has 1 amide bonds. The van der Waals surface area contributed by atoms with Gasteiger partial charge < -0.3 is 24.0 Å². The number of para-hydroxylation sites is 1. The summed E-state index contributed by atoms with van der Waals surface area (Å²) in [6.07, 6.45) is 1.38. The normalized spacial score (nSPS) is 18.5. The molecule has 2 fully saturated rings. The van der Waals surface area contributed by atoms with Crippen LogP contribution in [0.3, 0.4) is 0 Å². The third-order valence-corrected chi connectivity index (χ3v) is 6.50. The first-order chi connectivity index (χ1) is 15.1. The predicted octanol–water partition coefficient (Wildman–Crippen LogP) is 3.24. The smallest absolute Gasteiger partial charge is 0.233 e. The average molecular weight is 425 g/mol. The van der Waals surface area contributed by atoms with Gasteiger partial charge in [0, 0.05) is 45.6 Å². The summed E-state index contributed by atoms with van der Waals surface area (Å²) < 4.78 is 16.4. The van der Waals surface area contributed by atoms with Gasteiger partial charge in [-0.15, -0.1) is 0 Å². The van der Waals surface area contributed by atoms with E-state index in [1.165, 1.54) is 5.69 Å². The highest BCUT2D eigenvalue weighted by Gasteiger charge is 2.43. The highest BCUT2D eigenvalue weighted by atomic mass is 16.5. The maximum atomic E-state index is 13.9. The summed E-state index contributed by atoms with van der Waals surface area (Å²) in [6.45, 7) is 4.99.